The molecule has 1 aliphatic rings. The second kappa shape index (κ2) is 8.16. The number of nitrogens with one attached hydrogen (secondary N) is 4. The lowest BCUT2D eigenvalue weighted by molar-refractivity contribution is -0.122. The van der Waals surface area contributed by atoms with Crippen molar-refractivity contribution in [2.24, 2.45) is 0 Å². The summed E-state index contributed by atoms with van der Waals surface area (Å²) < 4.78 is 0. The smallest absolute Gasteiger partial charge is 0.341 e. The molecule has 0 radical (unpaired) electrons. The zero-order valence-electron chi connectivity index (χ0n) is 14.6. The molecule has 5 N–H and O–H groups in total. The van der Waals surface area contributed by atoms with Crippen molar-refractivity contribution in [1.82, 2.24) is 20.3 Å². The van der Waals surface area contributed by atoms with E-state index in [1.807, 2.05) is 0 Å². The van der Waals surface area contributed by atoms with E-state index < -0.39 is 17.4 Å². The first-order valence-corrected chi connectivity index (χ1v) is 8.37. The van der Waals surface area contributed by atoms with Crippen LogP contribution in [-0.2, 0) is 9.59 Å². The third-order valence-corrected chi connectivity index (χ3v) is 4.10. The fraction of sp³-hybridized carbons (Fsp3) is 0.167. The van der Waals surface area contributed by atoms with E-state index in [0.29, 0.717) is 24.0 Å². The second-order valence-electron chi connectivity index (χ2n) is 6.01. The molecule has 0 aliphatic carbocycles. The van der Waals surface area contributed by atoms with Gasteiger partial charge >= 0.3 is 5.97 Å². The van der Waals surface area contributed by atoms with Crippen LogP contribution in [0.1, 0.15) is 23.2 Å². The number of benzene rings is 1. The number of anilines is 1. The van der Waals surface area contributed by atoms with Gasteiger partial charge in [0, 0.05) is 36.1 Å². The van der Waals surface area contributed by atoms with Gasteiger partial charge in [0.2, 0.25) is 17.2 Å². The molecule has 28 heavy (non-hydrogen) atoms. The molecule has 3 heterocycles. The summed E-state index contributed by atoms with van der Waals surface area (Å²) in [5.74, 6) is -1.80. The van der Waals surface area contributed by atoms with Gasteiger partial charge in [0.15, 0.2) is 0 Å². The molecule has 1 saturated heterocycles. The molecule has 0 saturated carbocycles. The van der Waals surface area contributed by atoms with Crippen LogP contribution in [0, 0.1) is 0 Å². The number of fused-ring (bicyclic) bond motifs is 1. The minimum Gasteiger partial charge on any atom is -0.477 e. The van der Waals surface area contributed by atoms with Gasteiger partial charge in [-0.1, -0.05) is 0 Å². The molecule has 10 heteroatoms. The standard InChI is InChI=1S/C15H13N3O5.C3H4N2/c19-12-4-3-10(18-12)14(21)17-7-1-2-8-11(5-7)16-6-9(13(8)20)15(22)23;1-2-5-3-4-1/h1-2,5-6,10H,3-4H2,(H,16,20)(H,17,21)(H,18,19)(H,22,23);1-3H,(H,4,5). The normalized spacial score (nSPS) is 15.4. The third kappa shape index (κ3) is 4.23. The number of imidazole rings is 1. The first-order chi connectivity index (χ1) is 13.5. The van der Waals surface area contributed by atoms with Crippen molar-refractivity contribution in [3.63, 3.8) is 0 Å². The number of hydrogen-bond acceptors (Lipinski definition) is 5. The molecule has 10 nitrogen and oxygen atoms in total. The summed E-state index contributed by atoms with van der Waals surface area (Å²) >= 11 is 0. The maximum absolute atomic E-state index is 12.0. The molecule has 1 aromatic carbocycles. The Labute approximate surface area is 158 Å². The fourth-order valence-electron chi connectivity index (χ4n) is 2.71. The Balaban J connectivity index is 0.000000391. The number of amides is 2. The van der Waals surface area contributed by atoms with Crippen LogP contribution < -0.4 is 16.1 Å². The van der Waals surface area contributed by atoms with E-state index in [9.17, 15) is 19.2 Å². The average Bonchev–Trinajstić information content (AvgIpc) is 3.36. The Morgan fingerprint density at radius 2 is 2.07 bits per heavy atom. The highest BCUT2D eigenvalue weighted by Crippen LogP contribution is 2.17. The summed E-state index contributed by atoms with van der Waals surface area (Å²) in [6, 6.07) is 3.94. The average molecular weight is 383 g/mol. The number of aromatic amines is 2. The molecule has 3 aromatic rings. The molecular weight excluding hydrogens is 366 g/mol. The van der Waals surface area contributed by atoms with Crippen LogP contribution in [-0.4, -0.2) is 43.9 Å². The molecule has 2 amide bonds. The van der Waals surface area contributed by atoms with Crippen LogP contribution in [0.25, 0.3) is 10.9 Å². The Bertz CT molecular complexity index is 1060. The van der Waals surface area contributed by atoms with Crippen LogP contribution in [0.5, 0.6) is 0 Å². The van der Waals surface area contributed by atoms with Crippen LogP contribution in [0.4, 0.5) is 5.69 Å². The molecule has 144 valence electrons. The number of rotatable bonds is 3. The highest BCUT2D eigenvalue weighted by Gasteiger charge is 2.27. The molecule has 1 atom stereocenters. The van der Waals surface area contributed by atoms with Crippen LogP contribution in [0.15, 0.2) is 47.9 Å². The van der Waals surface area contributed by atoms with E-state index >= 15 is 0 Å². The lowest BCUT2D eigenvalue weighted by Gasteiger charge is -2.11. The van der Waals surface area contributed by atoms with Gasteiger partial charge in [-0.2, -0.15) is 0 Å². The Hall–Kier alpha value is -3.95. The van der Waals surface area contributed by atoms with E-state index in [1.54, 1.807) is 18.7 Å². The monoisotopic (exact) mass is 383 g/mol. The topological polar surface area (TPSA) is 157 Å². The summed E-state index contributed by atoms with van der Waals surface area (Å²) in [4.78, 5) is 55.3. The first kappa shape index (κ1) is 18.8. The van der Waals surface area contributed by atoms with Gasteiger partial charge in [-0.3, -0.25) is 14.4 Å². The molecule has 0 bridgehead atoms. The highest BCUT2D eigenvalue weighted by molar-refractivity contribution is 6.00. The number of H-pyrrole nitrogens is 2. The van der Waals surface area contributed by atoms with E-state index in [1.165, 1.54) is 18.2 Å². The predicted molar refractivity (Wildman–Crippen MR) is 99.9 cm³/mol. The van der Waals surface area contributed by atoms with E-state index in [0.717, 1.165) is 6.20 Å². The maximum Gasteiger partial charge on any atom is 0.341 e. The number of carbonyl (C=O) groups excluding carboxylic acids is 2. The summed E-state index contributed by atoms with van der Waals surface area (Å²) in [5, 5.41) is 14.4. The zero-order valence-corrected chi connectivity index (χ0v) is 14.6. The van der Waals surface area contributed by atoms with Gasteiger partial charge in [0.05, 0.1) is 11.8 Å². The largest absolute Gasteiger partial charge is 0.477 e. The molecule has 4 rings (SSSR count). The maximum atomic E-state index is 12.0. The van der Waals surface area contributed by atoms with Crippen molar-refractivity contribution < 1.29 is 19.5 Å². The molecular formula is C18H17N5O5. The summed E-state index contributed by atoms with van der Waals surface area (Å²) in [5.41, 5.74) is -0.0780. The number of carbonyl (C=O) groups is 3. The van der Waals surface area contributed by atoms with Gasteiger partial charge in [0.1, 0.15) is 11.6 Å². The van der Waals surface area contributed by atoms with Crippen molar-refractivity contribution in [1.29, 1.82) is 0 Å². The van der Waals surface area contributed by atoms with Crippen molar-refractivity contribution in [3.05, 3.63) is 58.9 Å². The van der Waals surface area contributed by atoms with Crippen molar-refractivity contribution in [2.75, 3.05) is 5.32 Å². The number of pyridine rings is 1. The summed E-state index contributed by atoms with van der Waals surface area (Å²) in [6.07, 6.45) is 6.97. The number of nitrogens with zero attached hydrogens (tertiary/aromatic N) is 1. The number of carboxylic acid groups (broad SMARTS) is 1. The fourth-order valence-corrected chi connectivity index (χ4v) is 2.71. The first-order valence-electron chi connectivity index (χ1n) is 8.37. The van der Waals surface area contributed by atoms with Crippen molar-refractivity contribution in [2.45, 2.75) is 18.9 Å². The van der Waals surface area contributed by atoms with Crippen LogP contribution in [0.3, 0.4) is 0 Å². The van der Waals surface area contributed by atoms with Crippen molar-refractivity contribution >= 4 is 34.4 Å². The van der Waals surface area contributed by atoms with E-state index in [-0.39, 0.29) is 22.8 Å². The second-order valence-corrected chi connectivity index (χ2v) is 6.01. The quantitative estimate of drug-likeness (QED) is 0.451. The minimum atomic E-state index is -1.30. The van der Waals surface area contributed by atoms with E-state index in [4.69, 9.17) is 5.11 Å². The van der Waals surface area contributed by atoms with Crippen LogP contribution in [0.2, 0.25) is 0 Å². The SMILES string of the molecule is O=C1CCC(C(=O)Nc2ccc3c(=O)c(C(=O)O)c[nH]c3c2)N1.c1c[nH]cn1. The number of aromatic nitrogens is 3. The Kier molecular flexibility index (Phi) is 5.49. The van der Waals surface area contributed by atoms with Crippen LogP contribution >= 0.6 is 0 Å². The van der Waals surface area contributed by atoms with Gasteiger partial charge in [-0.15, -0.1) is 0 Å². The Morgan fingerprint density at radius 1 is 1.25 bits per heavy atom. The molecule has 1 unspecified atom stereocenters. The zero-order chi connectivity index (χ0) is 20.1. The van der Waals surface area contributed by atoms with Gasteiger partial charge < -0.3 is 25.7 Å². The summed E-state index contributed by atoms with van der Waals surface area (Å²) in [7, 11) is 0. The minimum absolute atomic E-state index is 0.158. The molecule has 1 fully saturated rings. The van der Waals surface area contributed by atoms with Gasteiger partial charge in [-0.25, -0.2) is 9.78 Å². The highest BCUT2D eigenvalue weighted by atomic mass is 16.4. The van der Waals surface area contributed by atoms with Gasteiger partial charge in [0.25, 0.3) is 0 Å². The Morgan fingerprint density at radius 3 is 2.64 bits per heavy atom. The molecule has 1 aliphatic heterocycles. The van der Waals surface area contributed by atoms with E-state index in [2.05, 4.69) is 25.6 Å². The third-order valence-electron chi connectivity index (χ3n) is 4.10. The van der Waals surface area contributed by atoms with Gasteiger partial charge in [-0.05, 0) is 24.6 Å². The van der Waals surface area contributed by atoms with Crippen molar-refractivity contribution in [3.8, 4) is 0 Å². The molecule has 0 spiro atoms. The lowest BCUT2D eigenvalue weighted by atomic mass is 10.1. The summed E-state index contributed by atoms with van der Waals surface area (Å²) in [6.45, 7) is 0. The number of carboxylic acids is 1. The lowest BCUT2D eigenvalue weighted by Crippen LogP contribution is -2.37. The number of hydrogen-bond donors (Lipinski definition) is 5. The molecule has 2 aromatic heterocycles. The predicted octanol–water partition coefficient (Wildman–Crippen LogP) is 0.853. The number of aromatic carboxylic acids is 1.